The van der Waals surface area contributed by atoms with Gasteiger partial charge in [0.1, 0.15) is 17.3 Å². The second kappa shape index (κ2) is 4.91. The molecule has 0 unspecified atom stereocenters. The van der Waals surface area contributed by atoms with E-state index >= 15 is 0 Å². The lowest BCUT2D eigenvalue weighted by molar-refractivity contribution is 0.389. The Kier molecular flexibility index (Phi) is 3.46. The van der Waals surface area contributed by atoms with Crippen LogP contribution in [0.3, 0.4) is 0 Å². The standard InChI is InChI=1S/C14H18FN3O/c1-8(2)18-14(13(16)10(4)17-18)19-11-5-6-12(15)9(3)7-11/h5-8H,16H2,1-4H3. The summed E-state index contributed by atoms with van der Waals surface area (Å²) in [4.78, 5) is 0. The highest BCUT2D eigenvalue weighted by atomic mass is 19.1. The van der Waals surface area contributed by atoms with E-state index < -0.39 is 0 Å². The second-order valence-electron chi connectivity index (χ2n) is 4.86. The van der Waals surface area contributed by atoms with Crippen molar-refractivity contribution >= 4 is 5.69 Å². The molecule has 0 bridgehead atoms. The largest absolute Gasteiger partial charge is 0.437 e. The van der Waals surface area contributed by atoms with Gasteiger partial charge in [0.15, 0.2) is 0 Å². The molecule has 1 heterocycles. The molecule has 4 nitrogen and oxygen atoms in total. The van der Waals surface area contributed by atoms with Crippen molar-refractivity contribution in [2.24, 2.45) is 0 Å². The van der Waals surface area contributed by atoms with Gasteiger partial charge in [-0.3, -0.25) is 0 Å². The molecule has 0 saturated carbocycles. The maximum atomic E-state index is 13.2. The average Bonchev–Trinajstić information content (AvgIpc) is 2.62. The smallest absolute Gasteiger partial charge is 0.241 e. The summed E-state index contributed by atoms with van der Waals surface area (Å²) in [6.07, 6.45) is 0. The summed E-state index contributed by atoms with van der Waals surface area (Å²) in [7, 11) is 0. The van der Waals surface area contributed by atoms with Crippen LogP contribution >= 0.6 is 0 Å². The Balaban J connectivity index is 2.40. The number of rotatable bonds is 3. The summed E-state index contributed by atoms with van der Waals surface area (Å²) in [5.41, 5.74) is 7.74. The lowest BCUT2D eigenvalue weighted by atomic mass is 10.2. The number of nitrogen functional groups attached to an aromatic ring is 1. The van der Waals surface area contributed by atoms with Crippen molar-refractivity contribution in [2.75, 3.05) is 5.73 Å². The highest BCUT2D eigenvalue weighted by molar-refractivity contribution is 5.54. The minimum absolute atomic E-state index is 0.132. The molecule has 2 N–H and O–H groups in total. The number of aromatic nitrogens is 2. The molecule has 0 atom stereocenters. The molecular weight excluding hydrogens is 245 g/mol. The average molecular weight is 263 g/mol. The van der Waals surface area contributed by atoms with Gasteiger partial charge in [-0.1, -0.05) is 0 Å². The third-order valence-electron chi connectivity index (χ3n) is 2.92. The molecular formula is C14H18FN3O. The van der Waals surface area contributed by atoms with E-state index in [1.807, 2.05) is 20.8 Å². The molecule has 1 aromatic heterocycles. The van der Waals surface area contributed by atoms with Crippen molar-refractivity contribution in [1.29, 1.82) is 0 Å². The van der Waals surface area contributed by atoms with E-state index in [1.54, 1.807) is 23.7 Å². The van der Waals surface area contributed by atoms with Crippen LogP contribution in [0.5, 0.6) is 11.6 Å². The molecule has 2 aromatic rings. The van der Waals surface area contributed by atoms with Crippen LogP contribution in [0.1, 0.15) is 31.1 Å². The molecule has 1 aromatic carbocycles. The Bertz CT molecular complexity index is 605. The molecule has 0 fully saturated rings. The van der Waals surface area contributed by atoms with Crippen molar-refractivity contribution in [1.82, 2.24) is 9.78 Å². The first-order valence-electron chi connectivity index (χ1n) is 6.18. The van der Waals surface area contributed by atoms with E-state index in [0.717, 1.165) is 5.69 Å². The summed E-state index contributed by atoms with van der Waals surface area (Å²) in [5.74, 6) is 0.791. The van der Waals surface area contributed by atoms with Gasteiger partial charge in [0.2, 0.25) is 5.88 Å². The fourth-order valence-electron chi connectivity index (χ4n) is 1.78. The third-order valence-corrected chi connectivity index (χ3v) is 2.92. The molecule has 0 aliphatic carbocycles. The quantitative estimate of drug-likeness (QED) is 0.920. The van der Waals surface area contributed by atoms with Crippen molar-refractivity contribution in [3.05, 3.63) is 35.3 Å². The summed E-state index contributed by atoms with van der Waals surface area (Å²) >= 11 is 0. The molecule has 19 heavy (non-hydrogen) atoms. The Labute approximate surface area is 112 Å². The number of hydrogen-bond acceptors (Lipinski definition) is 3. The molecule has 2 rings (SSSR count). The van der Waals surface area contributed by atoms with E-state index in [9.17, 15) is 4.39 Å². The van der Waals surface area contributed by atoms with Crippen molar-refractivity contribution in [3.63, 3.8) is 0 Å². The van der Waals surface area contributed by atoms with Crippen molar-refractivity contribution in [2.45, 2.75) is 33.7 Å². The fraction of sp³-hybridized carbons (Fsp3) is 0.357. The summed E-state index contributed by atoms with van der Waals surface area (Å²) in [6, 6.07) is 4.73. The topological polar surface area (TPSA) is 53.1 Å². The van der Waals surface area contributed by atoms with E-state index in [0.29, 0.717) is 22.9 Å². The van der Waals surface area contributed by atoms with Gasteiger partial charge in [0, 0.05) is 0 Å². The molecule has 0 aliphatic heterocycles. The van der Waals surface area contributed by atoms with E-state index in [1.165, 1.54) is 6.07 Å². The van der Waals surface area contributed by atoms with Gasteiger partial charge in [-0.2, -0.15) is 5.10 Å². The normalized spacial score (nSPS) is 11.1. The maximum absolute atomic E-state index is 13.2. The van der Waals surface area contributed by atoms with E-state index in [-0.39, 0.29) is 11.9 Å². The van der Waals surface area contributed by atoms with Gasteiger partial charge >= 0.3 is 0 Å². The van der Waals surface area contributed by atoms with Crippen LogP contribution in [0.4, 0.5) is 10.1 Å². The Morgan fingerprint density at radius 2 is 2.00 bits per heavy atom. The van der Waals surface area contributed by atoms with Gasteiger partial charge in [-0.15, -0.1) is 0 Å². The summed E-state index contributed by atoms with van der Waals surface area (Å²) in [6.45, 7) is 7.51. The predicted octanol–water partition coefficient (Wildman–Crippen LogP) is 3.59. The molecule has 0 aliphatic rings. The van der Waals surface area contributed by atoms with Crippen LogP contribution in [0.2, 0.25) is 0 Å². The van der Waals surface area contributed by atoms with Crippen LogP contribution in [-0.4, -0.2) is 9.78 Å². The zero-order valence-electron chi connectivity index (χ0n) is 11.6. The minimum Gasteiger partial charge on any atom is -0.437 e. The molecule has 0 spiro atoms. The van der Waals surface area contributed by atoms with Crippen molar-refractivity contribution in [3.8, 4) is 11.6 Å². The van der Waals surface area contributed by atoms with Gasteiger partial charge in [0.05, 0.1) is 11.7 Å². The number of nitrogens with two attached hydrogens (primary N) is 1. The first kappa shape index (κ1) is 13.4. The van der Waals surface area contributed by atoms with Gasteiger partial charge in [-0.25, -0.2) is 9.07 Å². The Hall–Kier alpha value is -2.04. The first-order valence-corrected chi connectivity index (χ1v) is 6.18. The number of aryl methyl sites for hydroxylation is 2. The molecule has 0 amide bonds. The highest BCUT2D eigenvalue weighted by Crippen LogP contribution is 2.32. The Morgan fingerprint density at radius 3 is 2.58 bits per heavy atom. The number of ether oxygens (including phenoxy) is 1. The molecule has 0 radical (unpaired) electrons. The van der Waals surface area contributed by atoms with Crippen molar-refractivity contribution < 1.29 is 9.13 Å². The maximum Gasteiger partial charge on any atom is 0.241 e. The number of benzene rings is 1. The predicted molar refractivity (Wildman–Crippen MR) is 73.0 cm³/mol. The van der Waals surface area contributed by atoms with Gasteiger partial charge in [-0.05, 0) is 51.5 Å². The SMILES string of the molecule is Cc1cc(Oc2c(N)c(C)nn2C(C)C)ccc1F. The monoisotopic (exact) mass is 263 g/mol. The number of nitrogens with zero attached hydrogens (tertiary/aromatic N) is 2. The molecule has 5 heteroatoms. The fourth-order valence-corrected chi connectivity index (χ4v) is 1.78. The molecule has 0 saturated heterocycles. The number of halogens is 1. The minimum atomic E-state index is -0.256. The van der Waals surface area contributed by atoms with Crippen LogP contribution in [0, 0.1) is 19.7 Å². The van der Waals surface area contributed by atoms with Crippen LogP contribution in [0.25, 0.3) is 0 Å². The number of hydrogen-bond donors (Lipinski definition) is 1. The zero-order chi connectivity index (χ0) is 14.2. The van der Waals surface area contributed by atoms with Crippen LogP contribution in [-0.2, 0) is 0 Å². The van der Waals surface area contributed by atoms with Gasteiger partial charge < -0.3 is 10.5 Å². The zero-order valence-corrected chi connectivity index (χ0v) is 11.6. The van der Waals surface area contributed by atoms with E-state index in [2.05, 4.69) is 5.10 Å². The number of anilines is 1. The lowest BCUT2D eigenvalue weighted by Crippen LogP contribution is -2.05. The third kappa shape index (κ3) is 2.54. The van der Waals surface area contributed by atoms with Crippen LogP contribution in [0.15, 0.2) is 18.2 Å². The Morgan fingerprint density at radius 1 is 1.32 bits per heavy atom. The highest BCUT2D eigenvalue weighted by Gasteiger charge is 2.17. The first-order chi connectivity index (χ1) is 8.90. The molecule has 102 valence electrons. The van der Waals surface area contributed by atoms with Gasteiger partial charge in [0.25, 0.3) is 0 Å². The summed E-state index contributed by atoms with van der Waals surface area (Å²) in [5, 5.41) is 4.34. The second-order valence-corrected chi connectivity index (χ2v) is 4.86. The lowest BCUT2D eigenvalue weighted by Gasteiger charge is -2.12. The summed E-state index contributed by atoms with van der Waals surface area (Å²) < 4.78 is 20.7. The van der Waals surface area contributed by atoms with Crippen LogP contribution < -0.4 is 10.5 Å². The van der Waals surface area contributed by atoms with E-state index in [4.69, 9.17) is 10.5 Å².